The number of imidazole rings is 1. The molecule has 0 bridgehead atoms. The Hall–Kier alpha value is -1.33. The van der Waals surface area contributed by atoms with Gasteiger partial charge in [0.05, 0.1) is 11.2 Å². The van der Waals surface area contributed by atoms with Crippen molar-refractivity contribution in [3.8, 4) is 0 Å². The Bertz CT molecular complexity index is 590. The SMILES string of the molecule is CCn1ccnc1Cn1ncc(Cl)c(Cl)c1=O. The first-order valence-corrected chi connectivity index (χ1v) is 5.80. The lowest BCUT2D eigenvalue weighted by Gasteiger charge is -2.07. The second-order valence-electron chi connectivity index (χ2n) is 3.40. The van der Waals surface area contributed by atoms with Crippen molar-refractivity contribution in [2.45, 2.75) is 20.0 Å². The van der Waals surface area contributed by atoms with Crippen LogP contribution in [0.5, 0.6) is 0 Å². The van der Waals surface area contributed by atoms with Crippen LogP contribution in [-0.2, 0) is 13.1 Å². The van der Waals surface area contributed by atoms with Gasteiger partial charge in [-0.1, -0.05) is 23.2 Å². The van der Waals surface area contributed by atoms with E-state index < -0.39 is 5.56 Å². The van der Waals surface area contributed by atoms with Crippen LogP contribution in [-0.4, -0.2) is 19.3 Å². The number of aromatic nitrogens is 4. The van der Waals surface area contributed by atoms with Crippen molar-refractivity contribution >= 4 is 23.2 Å². The molecule has 0 saturated carbocycles. The van der Waals surface area contributed by atoms with Crippen LogP contribution in [0.1, 0.15) is 12.7 Å². The lowest BCUT2D eigenvalue weighted by molar-refractivity contribution is 0.580. The molecule has 0 amide bonds. The molecule has 0 unspecified atom stereocenters. The fourth-order valence-electron chi connectivity index (χ4n) is 1.47. The van der Waals surface area contributed by atoms with Crippen LogP contribution in [0.25, 0.3) is 0 Å². The number of hydrogen-bond acceptors (Lipinski definition) is 3. The minimum absolute atomic E-state index is 0.0173. The lowest BCUT2D eigenvalue weighted by atomic mass is 10.5. The molecule has 0 spiro atoms. The molecular weight excluding hydrogens is 263 g/mol. The maximum absolute atomic E-state index is 11.8. The zero-order valence-corrected chi connectivity index (χ0v) is 10.6. The van der Waals surface area contributed by atoms with Gasteiger partial charge in [-0.05, 0) is 6.92 Å². The zero-order chi connectivity index (χ0) is 12.4. The lowest BCUT2D eigenvalue weighted by Crippen LogP contribution is -2.25. The highest BCUT2D eigenvalue weighted by Gasteiger charge is 2.09. The van der Waals surface area contributed by atoms with Gasteiger partial charge in [0.2, 0.25) is 0 Å². The van der Waals surface area contributed by atoms with Crippen molar-refractivity contribution in [1.82, 2.24) is 19.3 Å². The molecule has 17 heavy (non-hydrogen) atoms. The highest BCUT2D eigenvalue weighted by atomic mass is 35.5. The third-order valence-electron chi connectivity index (χ3n) is 2.38. The normalized spacial score (nSPS) is 10.8. The highest BCUT2D eigenvalue weighted by Crippen LogP contribution is 2.14. The molecule has 0 radical (unpaired) electrons. The summed E-state index contributed by atoms with van der Waals surface area (Å²) in [4.78, 5) is 15.9. The Morgan fingerprint density at radius 1 is 1.41 bits per heavy atom. The molecule has 0 aromatic carbocycles. The van der Waals surface area contributed by atoms with Gasteiger partial charge < -0.3 is 4.57 Å². The van der Waals surface area contributed by atoms with E-state index in [4.69, 9.17) is 23.2 Å². The molecule has 0 N–H and O–H groups in total. The molecular formula is C10H10Cl2N4O. The van der Waals surface area contributed by atoms with Crippen molar-refractivity contribution < 1.29 is 0 Å². The van der Waals surface area contributed by atoms with Crippen LogP contribution in [0.3, 0.4) is 0 Å². The Balaban J connectivity index is 2.37. The molecule has 0 aliphatic carbocycles. The molecule has 7 heteroatoms. The number of halogens is 2. The molecule has 2 aromatic rings. The third-order valence-corrected chi connectivity index (χ3v) is 3.12. The van der Waals surface area contributed by atoms with E-state index >= 15 is 0 Å². The number of rotatable bonds is 3. The van der Waals surface area contributed by atoms with Gasteiger partial charge in [-0.15, -0.1) is 0 Å². The van der Waals surface area contributed by atoms with E-state index in [2.05, 4.69) is 10.1 Å². The van der Waals surface area contributed by atoms with Crippen molar-refractivity contribution in [3.05, 3.63) is 44.8 Å². The summed E-state index contributed by atoms with van der Waals surface area (Å²) in [6.45, 7) is 3.05. The van der Waals surface area contributed by atoms with Crippen molar-refractivity contribution in [2.75, 3.05) is 0 Å². The van der Waals surface area contributed by atoms with E-state index in [1.54, 1.807) is 6.20 Å². The summed E-state index contributed by atoms with van der Waals surface area (Å²) in [6.07, 6.45) is 4.88. The molecule has 2 rings (SSSR count). The zero-order valence-electron chi connectivity index (χ0n) is 9.10. The maximum atomic E-state index is 11.8. The van der Waals surface area contributed by atoms with Crippen LogP contribution in [0.15, 0.2) is 23.4 Å². The van der Waals surface area contributed by atoms with Crippen molar-refractivity contribution in [2.24, 2.45) is 0 Å². The highest BCUT2D eigenvalue weighted by molar-refractivity contribution is 6.41. The number of aryl methyl sites for hydroxylation is 1. The summed E-state index contributed by atoms with van der Waals surface area (Å²) < 4.78 is 3.17. The molecule has 0 saturated heterocycles. The van der Waals surface area contributed by atoms with Gasteiger partial charge in [0.25, 0.3) is 5.56 Å². The average Bonchev–Trinajstić information content (AvgIpc) is 2.77. The van der Waals surface area contributed by atoms with E-state index in [1.165, 1.54) is 10.9 Å². The predicted molar refractivity (Wildman–Crippen MR) is 65.5 cm³/mol. The van der Waals surface area contributed by atoms with E-state index in [-0.39, 0.29) is 16.6 Å². The summed E-state index contributed by atoms with van der Waals surface area (Å²) in [5, 5.41) is 4.07. The smallest absolute Gasteiger partial charge is 0.287 e. The van der Waals surface area contributed by atoms with Gasteiger partial charge >= 0.3 is 0 Å². The molecule has 90 valence electrons. The van der Waals surface area contributed by atoms with Crippen molar-refractivity contribution in [3.63, 3.8) is 0 Å². The molecule has 0 aliphatic heterocycles. The van der Waals surface area contributed by atoms with Crippen molar-refractivity contribution in [1.29, 1.82) is 0 Å². The van der Waals surface area contributed by atoms with Crippen LogP contribution in [0.4, 0.5) is 0 Å². The van der Waals surface area contributed by atoms with Crippen LogP contribution < -0.4 is 5.56 Å². The van der Waals surface area contributed by atoms with E-state index in [0.717, 1.165) is 12.4 Å². The van der Waals surface area contributed by atoms with Gasteiger partial charge in [-0.25, -0.2) is 9.67 Å². The van der Waals surface area contributed by atoms with E-state index in [0.29, 0.717) is 0 Å². The van der Waals surface area contributed by atoms with E-state index in [9.17, 15) is 4.79 Å². The third kappa shape index (κ3) is 2.35. The molecule has 5 nitrogen and oxygen atoms in total. The van der Waals surface area contributed by atoms with Crippen LogP contribution >= 0.6 is 23.2 Å². The van der Waals surface area contributed by atoms with Crippen LogP contribution in [0, 0.1) is 0 Å². The molecule has 2 heterocycles. The Morgan fingerprint density at radius 3 is 2.88 bits per heavy atom. The summed E-state index contributed by atoms with van der Waals surface area (Å²) >= 11 is 11.5. The monoisotopic (exact) mass is 272 g/mol. The summed E-state index contributed by atoms with van der Waals surface area (Å²) in [5.41, 5.74) is -0.412. The Morgan fingerprint density at radius 2 is 2.18 bits per heavy atom. The Kier molecular flexibility index (Phi) is 3.49. The largest absolute Gasteiger partial charge is 0.334 e. The number of hydrogen-bond donors (Lipinski definition) is 0. The topological polar surface area (TPSA) is 52.7 Å². The van der Waals surface area contributed by atoms with Gasteiger partial charge in [-0.2, -0.15) is 5.10 Å². The second-order valence-corrected chi connectivity index (χ2v) is 4.18. The average molecular weight is 273 g/mol. The molecule has 0 fully saturated rings. The fourth-order valence-corrected chi connectivity index (χ4v) is 1.74. The van der Waals surface area contributed by atoms with Gasteiger partial charge in [-0.3, -0.25) is 4.79 Å². The minimum atomic E-state index is -0.412. The van der Waals surface area contributed by atoms with Gasteiger partial charge in [0, 0.05) is 18.9 Å². The van der Waals surface area contributed by atoms with Gasteiger partial charge in [0.1, 0.15) is 17.4 Å². The predicted octanol–water partition coefficient (Wildman–Crippen LogP) is 1.81. The Labute approximate surface area is 108 Å². The quantitative estimate of drug-likeness (QED) is 0.857. The molecule has 2 aromatic heterocycles. The molecule has 0 aliphatic rings. The fraction of sp³-hybridized carbons (Fsp3) is 0.300. The van der Waals surface area contributed by atoms with E-state index in [1.807, 2.05) is 17.7 Å². The second kappa shape index (κ2) is 4.89. The standard InChI is InChI=1S/C10H10Cl2N4O/c1-2-15-4-3-13-8(15)6-16-10(17)9(12)7(11)5-14-16/h3-5H,2,6H2,1H3. The first-order chi connectivity index (χ1) is 8.13. The number of nitrogens with zero attached hydrogens (tertiary/aromatic N) is 4. The molecule has 0 atom stereocenters. The van der Waals surface area contributed by atoms with Crippen LogP contribution in [0.2, 0.25) is 10.0 Å². The minimum Gasteiger partial charge on any atom is -0.334 e. The summed E-state index contributed by atoms with van der Waals surface area (Å²) in [7, 11) is 0. The summed E-state index contributed by atoms with van der Waals surface area (Å²) in [6, 6.07) is 0. The first kappa shape index (κ1) is 12.1. The summed E-state index contributed by atoms with van der Waals surface area (Å²) in [5.74, 6) is 0.750. The maximum Gasteiger partial charge on any atom is 0.287 e. The first-order valence-electron chi connectivity index (χ1n) is 5.04. The van der Waals surface area contributed by atoms with Gasteiger partial charge in [0.15, 0.2) is 0 Å².